The lowest BCUT2D eigenvalue weighted by Crippen LogP contribution is -2.31. The van der Waals surface area contributed by atoms with Crippen molar-refractivity contribution in [2.24, 2.45) is 11.8 Å². The van der Waals surface area contributed by atoms with Crippen LogP contribution in [0.2, 0.25) is 5.15 Å². The van der Waals surface area contributed by atoms with E-state index in [0.29, 0.717) is 5.15 Å². The first-order chi connectivity index (χ1) is 13.1. The molecule has 1 N–H and O–H groups in total. The van der Waals surface area contributed by atoms with Crippen molar-refractivity contribution in [3.8, 4) is 11.1 Å². The van der Waals surface area contributed by atoms with Gasteiger partial charge in [-0.25, -0.2) is 4.98 Å². The van der Waals surface area contributed by atoms with Gasteiger partial charge in [-0.2, -0.15) is 0 Å². The Morgan fingerprint density at radius 3 is 2.67 bits per heavy atom. The standard InChI is InChI=1S/C22H22ClNO3/c1-2-11-3-4-12(13-5-8-17(23)24-10-13)9-14(11)18-21(25)19-15-6-7-16(27-15)20(19)22(18)26/h3-5,8-10,15-16,18-21,25H,2,6-7H2,1H3. The molecule has 4 nitrogen and oxygen atoms in total. The highest BCUT2D eigenvalue weighted by Crippen LogP contribution is 2.54. The number of ether oxygens (including phenoxy) is 1. The van der Waals surface area contributed by atoms with Gasteiger partial charge in [-0.15, -0.1) is 0 Å². The topological polar surface area (TPSA) is 59.4 Å². The predicted molar refractivity (Wildman–Crippen MR) is 103 cm³/mol. The second-order valence-electron chi connectivity index (χ2n) is 7.90. The molecule has 3 fully saturated rings. The number of ketones is 1. The number of aliphatic hydroxyl groups is 1. The molecule has 6 atom stereocenters. The van der Waals surface area contributed by atoms with Crippen LogP contribution < -0.4 is 0 Å². The maximum absolute atomic E-state index is 13.3. The lowest BCUT2D eigenvalue weighted by atomic mass is 9.81. The fraction of sp³-hybridized carbons (Fsp3) is 0.455. The maximum Gasteiger partial charge on any atom is 0.149 e. The number of Topliss-reactive ketones (excluding diaryl/α,β-unsaturated/α-hetero) is 1. The van der Waals surface area contributed by atoms with Crippen molar-refractivity contribution < 1.29 is 14.6 Å². The number of benzene rings is 1. The molecule has 0 radical (unpaired) electrons. The van der Waals surface area contributed by atoms with E-state index in [1.54, 1.807) is 12.3 Å². The molecule has 0 spiro atoms. The van der Waals surface area contributed by atoms with E-state index in [1.807, 2.05) is 12.1 Å². The SMILES string of the molecule is CCc1ccc(-c2ccc(Cl)nc2)cc1C1C(=O)C2C3CCC(O3)C2C1O. The van der Waals surface area contributed by atoms with Gasteiger partial charge < -0.3 is 9.84 Å². The van der Waals surface area contributed by atoms with E-state index in [4.69, 9.17) is 16.3 Å². The summed E-state index contributed by atoms with van der Waals surface area (Å²) in [6, 6.07) is 9.86. The van der Waals surface area contributed by atoms with Crippen molar-refractivity contribution in [1.82, 2.24) is 4.98 Å². The molecule has 5 heteroatoms. The van der Waals surface area contributed by atoms with E-state index in [0.717, 1.165) is 41.5 Å². The zero-order chi connectivity index (χ0) is 18.7. The lowest BCUT2D eigenvalue weighted by molar-refractivity contribution is -0.124. The monoisotopic (exact) mass is 383 g/mol. The van der Waals surface area contributed by atoms with Gasteiger partial charge in [0.15, 0.2) is 0 Å². The summed E-state index contributed by atoms with van der Waals surface area (Å²) < 4.78 is 5.92. The molecular formula is C22H22ClNO3. The van der Waals surface area contributed by atoms with E-state index in [2.05, 4.69) is 24.0 Å². The number of halogens is 1. The van der Waals surface area contributed by atoms with Crippen LogP contribution >= 0.6 is 11.6 Å². The van der Waals surface area contributed by atoms with Crippen LogP contribution in [0.15, 0.2) is 36.5 Å². The van der Waals surface area contributed by atoms with E-state index in [9.17, 15) is 9.90 Å². The molecule has 2 aromatic rings. The molecule has 1 saturated carbocycles. The summed E-state index contributed by atoms with van der Waals surface area (Å²) in [6.07, 6.45) is 3.83. The van der Waals surface area contributed by atoms with Gasteiger partial charge in [0, 0.05) is 17.7 Å². The number of carbonyl (C=O) groups is 1. The molecule has 5 rings (SSSR count). The maximum atomic E-state index is 13.3. The Hall–Kier alpha value is -1.75. The third-order valence-corrected chi connectivity index (χ3v) is 6.85. The number of hydrogen-bond donors (Lipinski definition) is 1. The Balaban J connectivity index is 1.57. The Morgan fingerprint density at radius 2 is 1.96 bits per heavy atom. The van der Waals surface area contributed by atoms with Gasteiger partial charge in [0.05, 0.1) is 30.1 Å². The quantitative estimate of drug-likeness (QED) is 0.819. The highest BCUT2D eigenvalue weighted by atomic mass is 35.5. The van der Waals surface area contributed by atoms with Crippen molar-refractivity contribution in [3.63, 3.8) is 0 Å². The molecule has 6 unspecified atom stereocenters. The second-order valence-corrected chi connectivity index (χ2v) is 8.29. The molecule has 0 amide bonds. The van der Waals surface area contributed by atoms with Gasteiger partial charge in [-0.05, 0) is 54.2 Å². The van der Waals surface area contributed by atoms with Gasteiger partial charge in [0.2, 0.25) is 0 Å². The molecule has 3 heterocycles. The minimum absolute atomic E-state index is 0.000810. The van der Waals surface area contributed by atoms with Crippen molar-refractivity contribution >= 4 is 17.4 Å². The Kier molecular flexibility index (Phi) is 4.12. The number of fused-ring (bicyclic) bond motifs is 5. The fourth-order valence-corrected chi connectivity index (χ4v) is 5.50. The molecule has 3 aliphatic rings. The first-order valence-corrected chi connectivity index (χ1v) is 10.1. The van der Waals surface area contributed by atoms with E-state index in [1.165, 1.54) is 0 Å². The number of rotatable bonds is 3. The minimum atomic E-state index is -0.665. The predicted octanol–water partition coefficient (Wildman–Crippen LogP) is 3.79. The zero-order valence-electron chi connectivity index (χ0n) is 15.1. The number of nitrogens with zero attached hydrogens (tertiary/aromatic N) is 1. The molecule has 27 heavy (non-hydrogen) atoms. The van der Waals surface area contributed by atoms with Crippen LogP contribution in [0, 0.1) is 11.8 Å². The van der Waals surface area contributed by atoms with Crippen LogP contribution in [0.5, 0.6) is 0 Å². The molecule has 1 aromatic carbocycles. The van der Waals surface area contributed by atoms with Crippen LogP contribution in [0.25, 0.3) is 11.1 Å². The average molecular weight is 384 g/mol. The van der Waals surface area contributed by atoms with E-state index < -0.39 is 12.0 Å². The summed E-state index contributed by atoms with van der Waals surface area (Å²) >= 11 is 5.91. The van der Waals surface area contributed by atoms with Crippen molar-refractivity contribution in [1.29, 1.82) is 0 Å². The highest BCUT2D eigenvalue weighted by Gasteiger charge is 2.62. The lowest BCUT2D eigenvalue weighted by Gasteiger charge is -2.24. The number of aromatic nitrogens is 1. The van der Waals surface area contributed by atoms with Gasteiger partial charge in [-0.1, -0.05) is 30.7 Å². The smallest absolute Gasteiger partial charge is 0.149 e. The highest BCUT2D eigenvalue weighted by molar-refractivity contribution is 6.29. The zero-order valence-corrected chi connectivity index (χ0v) is 15.9. The molecule has 2 saturated heterocycles. The first-order valence-electron chi connectivity index (χ1n) is 9.70. The van der Waals surface area contributed by atoms with Gasteiger partial charge in [0.25, 0.3) is 0 Å². The Labute approximate surface area is 163 Å². The number of pyridine rings is 1. The van der Waals surface area contributed by atoms with Crippen molar-refractivity contribution in [2.75, 3.05) is 0 Å². The molecule has 1 aromatic heterocycles. The Morgan fingerprint density at radius 1 is 1.19 bits per heavy atom. The van der Waals surface area contributed by atoms with Crippen LogP contribution in [0.4, 0.5) is 0 Å². The Bertz CT molecular complexity index is 897. The van der Waals surface area contributed by atoms with Gasteiger partial charge in [0.1, 0.15) is 10.9 Å². The summed E-state index contributed by atoms with van der Waals surface area (Å²) in [7, 11) is 0. The third kappa shape index (κ3) is 2.58. The molecule has 2 bridgehead atoms. The number of aryl methyl sites for hydroxylation is 1. The van der Waals surface area contributed by atoms with Crippen molar-refractivity contribution in [2.45, 2.75) is 50.4 Å². The van der Waals surface area contributed by atoms with Gasteiger partial charge in [-0.3, -0.25) is 4.79 Å². The minimum Gasteiger partial charge on any atom is -0.392 e. The van der Waals surface area contributed by atoms with Crippen LogP contribution in [0.3, 0.4) is 0 Å². The molecule has 140 valence electrons. The number of aliphatic hydroxyl groups excluding tert-OH is 1. The average Bonchev–Trinajstić information content (AvgIpc) is 3.36. The first kappa shape index (κ1) is 17.4. The summed E-state index contributed by atoms with van der Waals surface area (Å²) in [6.45, 7) is 2.09. The van der Waals surface area contributed by atoms with Gasteiger partial charge >= 0.3 is 0 Å². The number of carbonyl (C=O) groups excluding carboxylic acids is 1. The van der Waals surface area contributed by atoms with E-state index >= 15 is 0 Å². The van der Waals surface area contributed by atoms with E-state index in [-0.39, 0.29) is 29.8 Å². The second kappa shape index (κ2) is 6.40. The van der Waals surface area contributed by atoms with Crippen LogP contribution in [-0.4, -0.2) is 34.2 Å². The molecule has 2 aliphatic heterocycles. The summed E-state index contributed by atoms with van der Waals surface area (Å²) in [4.78, 5) is 17.4. The summed E-state index contributed by atoms with van der Waals surface area (Å²) in [5.74, 6) is -0.496. The summed E-state index contributed by atoms with van der Waals surface area (Å²) in [5.41, 5.74) is 4.01. The normalized spacial score (nSPS) is 34.3. The largest absolute Gasteiger partial charge is 0.392 e. The molecule has 1 aliphatic carbocycles. The van der Waals surface area contributed by atoms with Crippen LogP contribution in [0.1, 0.15) is 36.8 Å². The fourth-order valence-electron chi connectivity index (χ4n) is 5.39. The molecular weight excluding hydrogens is 362 g/mol. The number of hydrogen-bond acceptors (Lipinski definition) is 4. The third-order valence-electron chi connectivity index (χ3n) is 6.62. The van der Waals surface area contributed by atoms with Crippen LogP contribution in [-0.2, 0) is 16.0 Å². The summed E-state index contributed by atoms with van der Waals surface area (Å²) in [5, 5.41) is 11.5. The van der Waals surface area contributed by atoms with Crippen molar-refractivity contribution in [3.05, 3.63) is 52.8 Å².